The van der Waals surface area contributed by atoms with Crippen LogP contribution in [0.15, 0.2) is 35.7 Å². The predicted molar refractivity (Wildman–Crippen MR) is 73.1 cm³/mol. The van der Waals surface area contributed by atoms with Gasteiger partial charge in [0.1, 0.15) is 6.33 Å². The normalized spacial score (nSPS) is 12.2. The highest BCUT2D eigenvalue weighted by Gasteiger charge is 2.13. The third-order valence-corrected chi connectivity index (χ3v) is 3.94. The molecule has 0 saturated heterocycles. The minimum atomic E-state index is -0.322. The second-order valence-corrected chi connectivity index (χ2v) is 5.41. The molecule has 1 heterocycles. The molecule has 0 aliphatic rings. The number of esters is 1. The smallest absolute Gasteiger partial charge is 0.337 e. The van der Waals surface area contributed by atoms with Crippen LogP contribution in [0.3, 0.4) is 0 Å². The van der Waals surface area contributed by atoms with E-state index in [2.05, 4.69) is 17.1 Å². The van der Waals surface area contributed by atoms with Crippen molar-refractivity contribution < 1.29 is 9.53 Å². The number of thioether (sulfide) groups is 1. The molecular weight excluding hydrogens is 262 g/mol. The summed E-state index contributed by atoms with van der Waals surface area (Å²) in [5.74, 6) is -0.322. The molecule has 1 atom stereocenters. The first-order valence-corrected chi connectivity index (χ1v) is 6.68. The molecule has 19 heavy (non-hydrogen) atoms. The van der Waals surface area contributed by atoms with Gasteiger partial charge >= 0.3 is 5.97 Å². The van der Waals surface area contributed by atoms with E-state index in [-0.39, 0.29) is 11.2 Å². The molecule has 0 saturated carbocycles. The van der Waals surface area contributed by atoms with Gasteiger partial charge in [0.25, 0.3) is 0 Å². The number of aryl methyl sites for hydroxylation is 1. The van der Waals surface area contributed by atoms with Gasteiger partial charge in [0.05, 0.1) is 12.7 Å². The number of aromatic nitrogens is 3. The summed E-state index contributed by atoms with van der Waals surface area (Å²) in [7, 11) is 3.28. The van der Waals surface area contributed by atoms with E-state index in [1.54, 1.807) is 24.2 Å². The first kappa shape index (κ1) is 13.6. The Morgan fingerprint density at radius 2 is 2.26 bits per heavy atom. The molecule has 1 aromatic carbocycles. The van der Waals surface area contributed by atoms with Crippen molar-refractivity contribution in [1.82, 2.24) is 14.8 Å². The van der Waals surface area contributed by atoms with Gasteiger partial charge in [-0.05, 0) is 24.6 Å². The molecule has 6 heteroatoms. The standard InChI is InChI=1S/C13H15N3O2S/c1-9(19-13-15-14-8-16(13)2)10-5-4-6-11(7-10)12(17)18-3/h4-9H,1-3H3/t9-/m0/s1. The lowest BCUT2D eigenvalue weighted by Gasteiger charge is -2.11. The summed E-state index contributed by atoms with van der Waals surface area (Å²) < 4.78 is 6.59. The van der Waals surface area contributed by atoms with Crippen molar-refractivity contribution in [3.63, 3.8) is 0 Å². The molecule has 0 unspecified atom stereocenters. The summed E-state index contributed by atoms with van der Waals surface area (Å²) in [5, 5.41) is 8.90. The van der Waals surface area contributed by atoms with Gasteiger partial charge in [-0.25, -0.2) is 4.79 Å². The number of methoxy groups -OCH3 is 1. The maximum absolute atomic E-state index is 11.5. The van der Waals surface area contributed by atoms with Crippen LogP contribution in [0, 0.1) is 0 Å². The van der Waals surface area contributed by atoms with Crippen LogP contribution in [0.5, 0.6) is 0 Å². The quantitative estimate of drug-likeness (QED) is 0.634. The first-order valence-electron chi connectivity index (χ1n) is 5.80. The summed E-state index contributed by atoms with van der Waals surface area (Å²) in [6.45, 7) is 2.07. The SMILES string of the molecule is COC(=O)c1cccc([C@H](C)Sc2nncn2C)c1. The second-order valence-electron chi connectivity index (χ2n) is 4.10. The monoisotopic (exact) mass is 277 g/mol. The molecule has 0 fully saturated rings. The molecule has 0 bridgehead atoms. The Balaban J connectivity index is 2.17. The number of hydrogen-bond acceptors (Lipinski definition) is 5. The molecule has 0 amide bonds. The average Bonchev–Trinajstić information content (AvgIpc) is 2.83. The van der Waals surface area contributed by atoms with E-state index in [1.807, 2.05) is 29.8 Å². The van der Waals surface area contributed by atoms with Gasteiger partial charge in [-0.3, -0.25) is 0 Å². The van der Waals surface area contributed by atoms with Crippen LogP contribution in [0.2, 0.25) is 0 Å². The van der Waals surface area contributed by atoms with Gasteiger partial charge in [-0.15, -0.1) is 10.2 Å². The largest absolute Gasteiger partial charge is 0.465 e. The minimum Gasteiger partial charge on any atom is -0.465 e. The van der Waals surface area contributed by atoms with Crippen LogP contribution >= 0.6 is 11.8 Å². The third kappa shape index (κ3) is 3.14. The Bertz CT molecular complexity index is 583. The van der Waals surface area contributed by atoms with Crippen molar-refractivity contribution in [3.05, 3.63) is 41.7 Å². The van der Waals surface area contributed by atoms with Crippen LogP contribution < -0.4 is 0 Å². The average molecular weight is 277 g/mol. The fourth-order valence-corrected chi connectivity index (χ4v) is 2.55. The summed E-state index contributed by atoms with van der Waals surface area (Å²) in [5.41, 5.74) is 1.61. The molecule has 100 valence electrons. The number of carbonyl (C=O) groups is 1. The number of benzene rings is 1. The second kappa shape index (κ2) is 5.88. The van der Waals surface area contributed by atoms with Crippen molar-refractivity contribution in [3.8, 4) is 0 Å². The van der Waals surface area contributed by atoms with Crippen molar-refractivity contribution in [1.29, 1.82) is 0 Å². The van der Waals surface area contributed by atoms with E-state index in [1.165, 1.54) is 7.11 Å². The minimum absolute atomic E-state index is 0.174. The fourth-order valence-electron chi connectivity index (χ4n) is 1.64. The predicted octanol–water partition coefficient (Wildman–Crippen LogP) is 2.46. The van der Waals surface area contributed by atoms with Gasteiger partial charge in [-0.2, -0.15) is 0 Å². The number of hydrogen-bond donors (Lipinski definition) is 0. The van der Waals surface area contributed by atoms with Gasteiger partial charge in [0, 0.05) is 12.3 Å². The number of ether oxygens (including phenoxy) is 1. The summed E-state index contributed by atoms with van der Waals surface area (Å²) in [6.07, 6.45) is 1.67. The summed E-state index contributed by atoms with van der Waals surface area (Å²) in [6, 6.07) is 7.44. The zero-order chi connectivity index (χ0) is 13.8. The lowest BCUT2D eigenvalue weighted by molar-refractivity contribution is 0.0600. The zero-order valence-corrected chi connectivity index (χ0v) is 11.8. The van der Waals surface area contributed by atoms with Crippen molar-refractivity contribution in [2.75, 3.05) is 7.11 Å². The molecule has 1 aromatic heterocycles. The summed E-state index contributed by atoms with van der Waals surface area (Å²) >= 11 is 1.60. The van der Waals surface area contributed by atoms with E-state index in [0.717, 1.165) is 10.7 Å². The maximum Gasteiger partial charge on any atom is 0.337 e. The van der Waals surface area contributed by atoms with E-state index in [9.17, 15) is 4.79 Å². The molecule has 0 radical (unpaired) electrons. The Kier molecular flexibility index (Phi) is 4.21. The van der Waals surface area contributed by atoms with Gasteiger partial charge in [-0.1, -0.05) is 23.9 Å². The highest BCUT2D eigenvalue weighted by Crippen LogP contribution is 2.33. The molecule has 2 rings (SSSR count). The molecule has 0 aliphatic carbocycles. The fraction of sp³-hybridized carbons (Fsp3) is 0.308. The Morgan fingerprint density at radius 3 is 2.89 bits per heavy atom. The number of rotatable bonds is 4. The number of carbonyl (C=O) groups excluding carboxylic acids is 1. The highest BCUT2D eigenvalue weighted by molar-refractivity contribution is 7.99. The van der Waals surface area contributed by atoms with Crippen molar-refractivity contribution in [2.24, 2.45) is 7.05 Å². The van der Waals surface area contributed by atoms with E-state index >= 15 is 0 Å². The summed E-state index contributed by atoms with van der Waals surface area (Å²) in [4.78, 5) is 11.5. The molecule has 5 nitrogen and oxygen atoms in total. The van der Waals surface area contributed by atoms with E-state index in [0.29, 0.717) is 5.56 Å². The van der Waals surface area contributed by atoms with Crippen molar-refractivity contribution >= 4 is 17.7 Å². The maximum atomic E-state index is 11.5. The lowest BCUT2D eigenvalue weighted by atomic mass is 10.1. The molecule has 2 aromatic rings. The van der Waals surface area contributed by atoms with E-state index in [4.69, 9.17) is 4.74 Å². The highest BCUT2D eigenvalue weighted by atomic mass is 32.2. The number of nitrogens with zero attached hydrogens (tertiary/aromatic N) is 3. The van der Waals surface area contributed by atoms with Gasteiger partial charge in [0.2, 0.25) is 0 Å². The van der Waals surface area contributed by atoms with Gasteiger partial charge in [0.15, 0.2) is 5.16 Å². The van der Waals surface area contributed by atoms with Crippen LogP contribution in [0.25, 0.3) is 0 Å². The van der Waals surface area contributed by atoms with E-state index < -0.39 is 0 Å². The third-order valence-electron chi connectivity index (χ3n) is 2.73. The van der Waals surface area contributed by atoms with Gasteiger partial charge < -0.3 is 9.30 Å². The zero-order valence-electron chi connectivity index (χ0n) is 11.0. The topological polar surface area (TPSA) is 57.0 Å². The molecule has 0 N–H and O–H groups in total. The Hall–Kier alpha value is -1.82. The molecule has 0 spiro atoms. The molecule has 0 aliphatic heterocycles. The molecular formula is C13H15N3O2S. The Labute approximate surface area is 116 Å². The van der Waals surface area contributed by atoms with Crippen LogP contribution in [0.4, 0.5) is 0 Å². The van der Waals surface area contributed by atoms with Crippen LogP contribution in [-0.4, -0.2) is 27.8 Å². The first-order chi connectivity index (χ1) is 9.11. The lowest BCUT2D eigenvalue weighted by Crippen LogP contribution is -2.02. The van der Waals surface area contributed by atoms with Crippen LogP contribution in [-0.2, 0) is 11.8 Å². The van der Waals surface area contributed by atoms with Crippen molar-refractivity contribution in [2.45, 2.75) is 17.3 Å². The Morgan fingerprint density at radius 1 is 1.47 bits per heavy atom. The van der Waals surface area contributed by atoms with Crippen LogP contribution in [0.1, 0.15) is 28.1 Å².